The van der Waals surface area contributed by atoms with Crippen LogP contribution in [0, 0.1) is 0 Å². The molecule has 3 aromatic carbocycles. The molecule has 0 saturated carbocycles. The minimum Gasteiger partial charge on any atom is -0.322 e. The van der Waals surface area contributed by atoms with Crippen LogP contribution in [0.25, 0.3) is 10.9 Å². The zero-order chi connectivity index (χ0) is 22.5. The fourth-order valence-corrected chi connectivity index (χ4v) is 3.24. The molecule has 1 aromatic heterocycles. The number of nitrogens with zero attached hydrogens (tertiary/aromatic N) is 2. The lowest BCUT2D eigenvalue weighted by molar-refractivity contribution is 0.0961. The number of benzene rings is 3. The standard InChI is InChI=1S/C24H21N5O3/c1-2-29-23(32)19-10-6-7-11-20(19)26-24(29)28-27-22(31)17-12-14-18(15-13-17)25-21(30)16-8-4-3-5-9-16/h3-15H,2H2,1H3,(H,25,30)(H,26,28)(H,27,31). The first-order chi connectivity index (χ1) is 15.6. The number of para-hydroxylation sites is 1. The highest BCUT2D eigenvalue weighted by Gasteiger charge is 2.12. The minimum atomic E-state index is -0.406. The van der Waals surface area contributed by atoms with E-state index in [1.165, 1.54) is 4.57 Å². The predicted molar refractivity (Wildman–Crippen MR) is 124 cm³/mol. The van der Waals surface area contributed by atoms with Gasteiger partial charge in [0.15, 0.2) is 0 Å². The topological polar surface area (TPSA) is 105 Å². The second kappa shape index (κ2) is 9.13. The van der Waals surface area contributed by atoms with E-state index in [0.717, 1.165) is 0 Å². The number of aromatic nitrogens is 2. The van der Waals surface area contributed by atoms with Crippen LogP contribution in [-0.2, 0) is 6.54 Å². The third-order valence-electron chi connectivity index (χ3n) is 4.91. The summed E-state index contributed by atoms with van der Waals surface area (Å²) in [5.74, 6) is -0.392. The fraction of sp³-hybridized carbons (Fsp3) is 0.0833. The Balaban J connectivity index is 1.45. The Morgan fingerprint density at radius 2 is 1.50 bits per heavy atom. The fourth-order valence-electron chi connectivity index (χ4n) is 3.24. The van der Waals surface area contributed by atoms with Gasteiger partial charge in [0.1, 0.15) is 0 Å². The molecule has 160 valence electrons. The Bertz CT molecular complexity index is 1330. The number of nitrogens with one attached hydrogen (secondary N) is 3. The van der Waals surface area contributed by atoms with Crippen LogP contribution >= 0.6 is 0 Å². The van der Waals surface area contributed by atoms with Crippen LogP contribution in [0.1, 0.15) is 27.6 Å². The van der Waals surface area contributed by atoms with Crippen molar-refractivity contribution in [1.29, 1.82) is 0 Å². The molecular weight excluding hydrogens is 406 g/mol. The number of carbonyl (C=O) groups is 2. The maximum atomic E-state index is 12.7. The Morgan fingerprint density at radius 1 is 0.844 bits per heavy atom. The SMILES string of the molecule is CCn1c(NNC(=O)c2ccc(NC(=O)c3ccccc3)cc2)nc2ccccc2c1=O. The number of hydrazine groups is 1. The van der Waals surface area contributed by atoms with Gasteiger partial charge in [-0.25, -0.2) is 4.98 Å². The van der Waals surface area contributed by atoms with Crippen molar-refractivity contribution in [1.82, 2.24) is 15.0 Å². The van der Waals surface area contributed by atoms with Crippen LogP contribution in [0.3, 0.4) is 0 Å². The minimum absolute atomic E-state index is 0.187. The maximum Gasteiger partial charge on any atom is 0.269 e. The van der Waals surface area contributed by atoms with Crippen LogP contribution in [0.2, 0.25) is 0 Å². The molecule has 2 amide bonds. The first kappa shape index (κ1) is 20.8. The van der Waals surface area contributed by atoms with Crippen LogP contribution < -0.4 is 21.7 Å². The summed E-state index contributed by atoms with van der Waals surface area (Å²) in [6.07, 6.45) is 0. The van der Waals surface area contributed by atoms with Crippen molar-refractivity contribution in [2.45, 2.75) is 13.5 Å². The molecule has 4 rings (SSSR count). The number of anilines is 2. The number of carbonyl (C=O) groups excluding carboxylic acids is 2. The summed E-state index contributed by atoms with van der Waals surface area (Å²) in [6.45, 7) is 2.22. The lowest BCUT2D eigenvalue weighted by Gasteiger charge is -2.14. The normalized spacial score (nSPS) is 10.5. The molecule has 0 bridgehead atoms. The Kier molecular flexibility index (Phi) is 5.94. The highest BCUT2D eigenvalue weighted by Crippen LogP contribution is 2.13. The molecular formula is C24H21N5O3. The summed E-state index contributed by atoms with van der Waals surface area (Å²) in [6, 6.07) is 22.4. The van der Waals surface area contributed by atoms with E-state index < -0.39 is 5.91 Å². The second-order valence-corrected chi connectivity index (χ2v) is 6.98. The quantitative estimate of drug-likeness (QED) is 0.409. The van der Waals surface area contributed by atoms with E-state index in [2.05, 4.69) is 21.2 Å². The summed E-state index contributed by atoms with van der Waals surface area (Å²) >= 11 is 0. The van der Waals surface area contributed by atoms with Gasteiger partial charge in [-0.15, -0.1) is 0 Å². The Hall–Kier alpha value is -4.46. The number of fused-ring (bicyclic) bond motifs is 1. The molecule has 0 fully saturated rings. The molecule has 32 heavy (non-hydrogen) atoms. The molecule has 1 heterocycles. The van der Waals surface area contributed by atoms with Crippen molar-refractivity contribution in [3.8, 4) is 0 Å². The largest absolute Gasteiger partial charge is 0.322 e. The first-order valence-corrected chi connectivity index (χ1v) is 10.1. The molecule has 0 aliphatic rings. The van der Waals surface area contributed by atoms with E-state index in [9.17, 15) is 14.4 Å². The van der Waals surface area contributed by atoms with Crippen LogP contribution in [-0.4, -0.2) is 21.4 Å². The van der Waals surface area contributed by atoms with Gasteiger partial charge in [0.05, 0.1) is 10.9 Å². The average molecular weight is 427 g/mol. The molecule has 8 nitrogen and oxygen atoms in total. The van der Waals surface area contributed by atoms with E-state index in [4.69, 9.17) is 0 Å². The summed E-state index contributed by atoms with van der Waals surface area (Å²) < 4.78 is 1.45. The highest BCUT2D eigenvalue weighted by atomic mass is 16.2. The molecule has 0 radical (unpaired) electrons. The molecule has 0 spiro atoms. The van der Waals surface area contributed by atoms with Gasteiger partial charge in [0.2, 0.25) is 5.95 Å². The van der Waals surface area contributed by atoms with Crippen LogP contribution in [0.5, 0.6) is 0 Å². The number of hydrogen-bond donors (Lipinski definition) is 3. The van der Waals surface area contributed by atoms with Crippen molar-refractivity contribution in [3.63, 3.8) is 0 Å². The van der Waals surface area contributed by atoms with E-state index in [-0.39, 0.29) is 17.4 Å². The van der Waals surface area contributed by atoms with Gasteiger partial charge >= 0.3 is 0 Å². The van der Waals surface area contributed by atoms with Crippen LogP contribution in [0.15, 0.2) is 83.7 Å². The zero-order valence-electron chi connectivity index (χ0n) is 17.3. The van der Waals surface area contributed by atoms with Gasteiger partial charge in [0, 0.05) is 23.4 Å². The second-order valence-electron chi connectivity index (χ2n) is 6.98. The molecule has 3 N–H and O–H groups in total. The van der Waals surface area contributed by atoms with Gasteiger partial charge in [-0.3, -0.25) is 29.8 Å². The summed E-state index contributed by atoms with van der Waals surface area (Å²) in [5, 5.41) is 3.30. The molecule has 0 aliphatic heterocycles. The molecule has 8 heteroatoms. The number of hydrogen-bond acceptors (Lipinski definition) is 5. The maximum absolute atomic E-state index is 12.7. The predicted octanol–water partition coefficient (Wildman–Crippen LogP) is 3.43. The van der Waals surface area contributed by atoms with Gasteiger partial charge in [-0.05, 0) is 55.5 Å². The van der Waals surface area contributed by atoms with E-state index in [1.54, 1.807) is 72.8 Å². The van der Waals surface area contributed by atoms with E-state index in [1.807, 2.05) is 13.0 Å². The van der Waals surface area contributed by atoms with E-state index in [0.29, 0.717) is 34.3 Å². The average Bonchev–Trinajstić information content (AvgIpc) is 2.83. The van der Waals surface area contributed by atoms with Gasteiger partial charge < -0.3 is 5.32 Å². The van der Waals surface area contributed by atoms with Crippen LogP contribution in [0.4, 0.5) is 11.6 Å². The van der Waals surface area contributed by atoms with Crippen molar-refractivity contribution in [2.75, 3.05) is 10.7 Å². The van der Waals surface area contributed by atoms with Crippen molar-refractivity contribution in [3.05, 3.63) is 100 Å². The number of rotatable bonds is 6. The summed E-state index contributed by atoms with van der Waals surface area (Å²) in [5.41, 5.74) is 7.16. The molecule has 0 saturated heterocycles. The molecule has 0 atom stereocenters. The van der Waals surface area contributed by atoms with Gasteiger partial charge in [0.25, 0.3) is 17.4 Å². The van der Waals surface area contributed by atoms with E-state index >= 15 is 0 Å². The van der Waals surface area contributed by atoms with Crippen molar-refractivity contribution in [2.24, 2.45) is 0 Å². The van der Waals surface area contributed by atoms with Gasteiger partial charge in [-0.1, -0.05) is 30.3 Å². The molecule has 0 aliphatic carbocycles. The summed E-state index contributed by atoms with van der Waals surface area (Å²) in [4.78, 5) is 41.9. The summed E-state index contributed by atoms with van der Waals surface area (Å²) in [7, 11) is 0. The Morgan fingerprint density at radius 3 is 2.22 bits per heavy atom. The van der Waals surface area contributed by atoms with Gasteiger partial charge in [-0.2, -0.15) is 0 Å². The number of amides is 2. The third-order valence-corrected chi connectivity index (χ3v) is 4.91. The third kappa shape index (κ3) is 4.34. The lowest BCUT2D eigenvalue weighted by Crippen LogP contribution is -2.34. The lowest BCUT2D eigenvalue weighted by atomic mass is 10.1. The highest BCUT2D eigenvalue weighted by molar-refractivity contribution is 6.04. The monoisotopic (exact) mass is 427 g/mol. The smallest absolute Gasteiger partial charge is 0.269 e. The molecule has 4 aromatic rings. The van der Waals surface area contributed by atoms with Crippen molar-refractivity contribution >= 4 is 34.4 Å². The Labute approximate surface area is 183 Å². The first-order valence-electron chi connectivity index (χ1n) is 10.1. The molecule has 0 unspecified atom stereocenters. The zero-order valence-corrected chi connectivity index (χ0v) is 17.3. The van der Waals surface area contributed by atoms with Crippen molar-refractivity contribution < 1.29 is 9.59 Å².